The zero-order chi connectivity index (χ0) is 24.9. The Kier molecular flexibility index (Phi) is 6.04. The van der Waals surface area contributed by atoms with Crippen molar-refractivity contribution in [1.82, 2.24) is 14.7 Å². The molecule has 2 fully saturated rings. The van der Waals surface area contributed by atoms with Crippen LogP contribution in [0, 0.1) is 11.6 Å². The van der Waals surface area contributed by atoms with E-state index in [1.807, 2.05) is 4.90 Å². The van der Waals surface area contributed by atoms with Crippen molar-refractivity contribution in [3.63, 3.8) is 0 Å². The van der Waals surface area contributed by atoms with E-state index in [0.717, 1.165) is 43.1 Å². The van der Waals surface area contributed by atoms with Crippen molar-refractivity contribution < 1.29 is 31.5 Å². The fraction of sp³-hybridized carbons (Fsp3) is 0.542. The van der Waals surface area contributed by atoms with Crippen LogP contribution in [0.2, 0.25) is 0 Å². The zero-order valence-electron chi connectivity index (χ0n) is 19.0. The maximum absolute atomic E-state index is 14.0. The number of halogens is 5. The van der Waals surface area contributed by atoms with Gasteiger partial charge in [0, 0.05) is 38.3 Å². The predicted molar refractivity (Wildman–Crippen MR) is 117 cm³/mol. The second-order valence-corrected chi connectivity index (χ2v) is 9.47. The van der Waals surface area contributed by atoms with Crippen LogP contribution in [-0.2, 0) is 11.0 Å². The number of rotatable bonds is 2. The van der Waals surface area contributed by atoms with Gasteiger partial charge in [-0.2, -0.15) is 13.2 Å². The van der Waals surface area contributed by atoms with E-state index in [-0.39, 0.29) is 43.4 Å². The van der Waals surface area contributed by atoms with Crippen LogP contribution in [0.1, 0.15) is 42.7 Å². The van der Waals surface area contributed by atoms with Gasteiger partial charge in [0.15, 0.2) is 11.6 Å². The molecule has 3 amide bonds. The highest BCUT2D eigenvalue weighted by Gasteiger charge is 2.42. The van der Waals surface area contributed by atoms with E-state index in [2.05, 4.69) is 4.99 Å². The van der Waals surface area contributed by atoms with Crippen LogP contribution in [-0.4, -0.2) is 78.2 Å². The van der Waals surface area contributed by atoms with Gasteiger partial charge in [0.25, 0.3) is 5.91 Å². The quantitative estimate of drug-likeness (QED) is 0.582. The molecule has 0 radical (unpaired) electrons. The minimum Gasteiger partial charge on any atom is -0.337 e. The number of benzene rings is 1. The third-order valence-corrected chi connectivity index (χ3v) is 7.35. The zero-order valence-corrected chi connectivity index (χ0v) is 19.0. The summed E-state index contributed by atoms with van der Waals surface area (Å²) in [4.78, 5) is 35.4. The van der Waals surface area contributed by atoms with Crippen LogP contribution in [0.5, 0.6) is 0 Å². The number of nitrogens with zero attached hydrogens (tertiary/aromatic N) is 4. The SMILES string of the molecule is O=C(C1=NCC2=C1CN(C(=O)N1CCCC1)C2)N1CCC(c2ccc(F)c(F)c2C(F)(F)F)CC1. The molecule has 11 heteroatoms. The molecule has 0 spiro atoms. The molecule has 0 saturated carbocycles. The normalized spacial score (nSPS) is 21.2. The Morgan fingerprint density at radius 1 is 0.914 bits per heavy atom. The molecular weight excluding hydrogens is 471 g/mol. The van der Waals surface area contributed by atoms with E-state index in [0.29, 0.717) is 31.4 Å². The Morgan fingerprint density at radius 3 is 2.26 bits per heavy atom. The molecule has 0 aromatic heterocycles. The van der Waals surface area contributed by atoms with Gasteiger partial charge in [0.2, 0.25) is 0 Å². The molecule has 0 aliphatic carbocycles. The maximum Gasteiger partial charge on any atom is 0.419 e. The smallest absolute Gasteiger partial charge is 0.337 e. The highest BCUT2D eigenvalue weighted by atomic mass is 19.4. The maximum atomic E-state index is 14.0. The lowest BCUT2D eigenvalue weighted by Crippen LogP contribution is -2.44. The fourth-order valence-corrected chi connectivity index (χ4v) is 5.52. The lowest BCUT2D eigenvalue weighted by atomic mass is 9.85. The third kappa shape index (κ3) is 4.29. The average molecular weight is 496 g/mol. The lowest BCUT2D eigenvalue weighted by Gasteiger charge is -2.33. The van der Waals surface area contributed by atoms with Gasteiger partial charge in [-0.25, -0.2) is 13.6 Å². The average Bonchev–Trinajstić information content (AvgIpc) is 3.57. The number of aliphatic imine (C=N–C) groups is 1. The first-order valence-corrected chi connectivity index (χ1v) is 11.8. The van der Waals surface area contributed by atoms with Crippen molar-refractivity contribution in [3.05, 3.63) is 46.0 Å². The molecule has 6 nitrogen and oxygen atoms in total. The molecule has 0 bridgehead atoms. The van der Waals surface area contributed by atoms with Crippen LogP contribution in [0.15, 0.2) is 28.3 Å². The first-order valence-electron chi connectivity index (χ1n) is 11.8. The largest absolute Gasteiger partial charge is 0.419 e. The monoisotopic (exact) mass is 496 g/mol. The summed E-state index contributed by atoms with van der Waals surface area (Å²) in [6, 6.07) is 1.68. The third-order valence-electron chi connectivity index (χ3n) is 7.35. The van der Waals surface area contributed by atoms with Crippen molar-refractivity contribution in [2.24, 2.45) is 4.99 Å². The van der Waals surface area contributed by atoms with Gasteiger partial charge in [-0.05, 0) is 48.8 Å². The van der Waals surface area contributed by atoms with E-state index in [1.165, 1.54) is 0 Å². The van der Waals surface area contributed by atoms with Crippen LogP contribution in [0.25, 0.3) is 0 Å². The molecular formula is C24H25F5N4O2. The summed E-state index contributed by atoms with van der Waals surface area (Å²) in [6.45, 7) is 2.97. The number of alkyl halides is 3. The number of carbonyl (C=O) groups is 2. The molecule has 0 N–H and O–H groups in total. The van der Waals surface area contributed by atoms with E-state index in [4.69, 9.17) is 0 Å². The molecule has 188 valence electrons. The van der Waals surface area contributed by atoms with Crippen molar-refractivity contribution >= 4 is 17.6 Å². The number of hydrogen-bond donors (Lipinski definition) is 0. The standard InChI is InChI=1S/C24H25F5N4O2/c25-18-4-3-16(19(20(18)26)24(27,28)29)14-5-9-31(10-6-14)22(34)21-17-13-33(12-15(17)11-30-21)23(35)32-7-1-2-8-32/h3-4,14H,1-2,5-13H2. The van der Waals surface area contributed by atoms with Crippen molar-refractivity contribution in [2.75, 3.05) is 45.8 Å². The molecule has 5 rings (SSSR count). The summed E-state index contributed by atoms with van der Waals surface area (Å²) in [5.41, 5.74) is 0.195. The molecule has 1 aromatic carbocycles. The Bertz CT molecular complexity index is 1120. The predicted octanol–water partition coefficient (Wildman–Crippen LogP) is 3.97. The van der Waals surface area contributed by atoms with Crippen LogP contribution in [0.4, 0.5) is 26.7 Å². The molecule has 1 aromatic rings. The Morgan fingerprint density at radius 2 is 1.60 bits per heavy atom. The Labute approximate surface area is 199 Å². The minimum atomic E-state index is -5.02. The molecule has 35 heavy (non-hydrogen) atoms. The molecule has 4 aliphatic heterocycles. The molecule has 0 unspecified atom stereocenters. The number of amides is 3. The number of carbonyl (C=O) groups excluding carboxylic acids is 2. The van der Waals surface area contributed by atoms with E-state index < -0.39 is 29.3 Å². The van der Waals surface area contributed by atoms with Crippen molar-refractivity contribution in [1.29, 1.82) is 0 Å². The highest BCUT2D eigenvalue weighted by Crippen LogP contribution is 2.41. The van der Waals surface area contributed by atoms with Gasteiger partial charge in [0.05, 0.1) is 18.7 Å². The summed E-state index contributed by atoms with van der Waals surface area (Å²) in [5, 5.41) is 0. The van der Waals surface area contributed by atoms with Crippen molar-refractivity contribution in [2.45, 2.75) is 37.8 Å². The summed E-state index contributed by atoms with van der Waals surface area (Å²) >= 11 is 0. The Balaban J connectivity index is 1.24. The minimum absolute atomic E-state index is 0.0310. The lowest BCUT2D eigenvalue weighted by molar-refractivity contribution is -0.141. The number of piperidine rings is 1. The van der Waals surface area contributed by atoms with Gasteiger partial charge in [-0.3, -0.25) is 9.79 Å². The van der Waals surface area contributed by atoms with Gasteiger partial charge in [-0.1, -0.05) is 6.07 Å². The topological polar surface area (TPSA) is 56.2 Å². The summed E-state index contributed by atoms with van der Waals surface area (Å²) in [5.74, 6) is -4.37. The van der Waals surface area contributed by atoms with E-state index >= 15 is 0 Å². The van der Waals surface area contributed by atoms with Gasteiger partial charge in [-0.15, -0.1) is 0 Å². The van der Waals surface area contributed by atoms with Crippen LogP contribution < -0.4 is 0 Å². The van der Waals surface area contributed by atoms with E-state index in [9.17, 15) is 31.5 Å². The van der Waals surface area contributed by atoms with Crippen LogP contribution in [0.3, 0.4) is 0 Å². The van der Waals surface area contributed by atoms with Crippen molar-refractivity contribution in [3.8, 4) is 0 Å². The van der Waals surface area contributed by atoms with Gasteiger partial charge in [0.1, 0.15) is 5.71 Å². The first kappa shape index (κ1) is 23.7. The first-order chi connectivity index (χ1) is 16.6. The fourth-order valence-electron chi connectivity index (χ4n) is 5.52. The van der Waals surface area contributed by atoms with E-state index in [1.54, 1.807) is 9.80 Å². The Hall–Kier alpha value is -2.98. The molecule has 4 aliphatic rings. The molecule has 4 heterocycles. The number of urea groups is 1. The molecule has 2 saturated heterocycles. The number of likely N-dealkylation sites (tertiary alicyclic amines) is 2. The molecule has 0 atom stereocenters. The van der Waals surface area contributed by atoms with Gasteiger partial charge >= 0.3 is 12.2 Å². The van der Waals surface area contributed by atoms with Crippen LogP contribution >= 0.6 is 0 Å². The summed E-state index contributed by atoms with van der Waals surface area (Å²) in [6.07, 6.45) is -2.65. The second kappa shape index (κ2) is 8.91. The highest BCUT2D eigenvalue weighted by molar-refractivity contribution is 6.46. The van der Waals surface area contributed by atoms with Gasteiger partial charge < -0.3 is 14.7 Å². The summed E-state index contributed by atoms with van der Waals surface area (Å²) < 4.78 is 67.8. The second-order valence-electron chi connectivity index (χ2n) is 9.47. The number of hydrogen-bond acceptors (Lipinski definition) is 3. The summed E-state index contributed by atoms with van der Waals surface area (Å²) in [7, 11) is 0.